The molecule has 2 rings (SSSR count). The van der Waals surface area contributed by atoms with Gasteiger partial charge in [-0.05, 0) is 32.6 Å². The average Bonchev–Trinajstić information content (AvgIpc) is 2.63. The Bertz CT molecular complexity index is 346. The third kappa shape index (κ3) is 3.39. The van der Waals surface area contributed by atoms with Gasteiger partial charge < -0.3 is 14.9 Å². The van der Waals surface area contributed by atoms with Crippen LogP contribution in [0, 0.1) is 5.92 Å². The zero-order chi connectivity index (χ0) is 13.8. The third-order valence-electron chi connectivity index (χ3n) is 4.34. The summed E-state index contributed by atoms with van der Waals surface area (Å²) in [6, 6.07) is 0.320. The number of carbonyl (C=O) groups excluding carboxylic acids is 1. The average molecular weight is 268 g/mol. The van der Waals surface area contributed by atoms with Crippen LogP contribution in [0.5, 0.6) is 0 Å². The second kappa shape index (κ2) is 6.26. The van der Waals surface area contributed by atoms with E-state index in [1.807, 2.05) is 4.90 Å². The molecule has 0 aliphatic carbocycles. The second-order valence-corrected chi connectivity index (χ2v) is 5.80. The number of urea groups is 1. The summed E-state index contributed by atoms with van der Waals surface area (Å²) in [6.45, 7) is 3.99. The monoisotopic (exact) mass is 268 g/mol. The van der Waals surface area contributed by atoms with E-state index in [4.69, 9.17) is 5.11 Å². The van der Waals surface area contributed by atoms with Crippen LogP contribution in [0.25, 0.3) is 0 Å². The molecule has 2 atom stereocenters. The summed E-state index contributed by atoms with van der Waals surface area (Å²) in [5, 5.41) is 9.09. The van der Waals surface area contributed by atoms with Gasteiger partial charge >= 0.3 is 12.0 Å². The number of amides is 2. The first-order valence-corrected chi connectivity index (χ1v) is 7.38. The predicted molar refractivity (Wildman–Crippen MR) is 72.0 cm³/mol. The lowest BCUT2D eigenvalue weighted by atomic mass is 9.98. The molecule has 0 spiro atoms. The van der Waals surface area contributed by atoms with Crippen molar-refractivity contribution in [2.24, 2.45) is 5.92 Å². The van der Waals surface area contributed by atoms with Crippen LogP contribution in [0.4, 0.5) is 4.79 Å². The molecule has 0 bridgehead atoms. The topological polar surface area (TPSA) is 60.9 Å². The number of carboxylic acid groups (broad SMARTS) is 1. The van der Waals surface area contributed by atoms with Crippen molar-refractivity contribution in [2.75, 3.05) is 19.6 Å². The van der Waals surface area contributed by atoms with Crippen molar-refractivity contribution in [2.45, 2.75) is 51.5 Å². The van der Waals surface area contributed by atoms with Crippen molar-refractivity contribution in [3.8, 4) is 0 Å². The standard InChI is InChI=1S/C14H24N2O3/c1-11-6-3-2-4-9-16(11)14(19)15-8-5-7-12(10-15)13(17)18/h11-12H,2-10H2,1H3,(H,17,18). The van der Waals surface area contributed by atoms with Gasteiger partial charge in [-0.2, -0.15) is 0 Å². The van der Waals surface area contributed by atoms with Crippen molar-refractivity contribution in [3.63, 3.8) is 0 Å². The lowest BCUT2D eigenvalue weighted by Gasteiger charge is -2.37. The molecule has 2 heterocycles. The number of nitrogens with zero attached hydrogens (tertiary/aromatic N) is 2. The Kier molecular flexibility index (Phi) is 4.66. The molecule has 1 N–H and O–H groups in total. The number of hydrogen-bond acceptors (Lipinski definition) is 2. The number of piperidine rings is 1. The Morgan fingerprint density at radius 2 is 1.84 bits per heavy atom. The molecule has 0 aromatic rings. The van der Waals surface area contributed by atoms with E-state index < -0.39 is 5.97 Å². The number of aliphatic carboxylic acids is 1. The van der Waals surface area contributed by atoms with Gasteiger partial charge in [-0.1, -0.05) is 12.8 Å². The van der Waals surface area contributed by atoms with Crippen molar-refractivity contribution in [3.05, 3.63) is 0 Å². The molecule has 0 aromatic heterocycles. The lowest BCUT2D eigenvalue weighted by Crippen LogP contribution is -2.51. The Labute approximate surface area is 114 Å². The fourth-order valence-corrected chi connectivity index (χ4v) is 3.09. The van der Waals surface area contributed by atoms with Gasteiger partial charge in [-0.15, -0.1) is 0 Å². The first-order chi connectivity index (χ1) is 9.09. The minimum absolute atomic E-state index is 0.0420. The van der Waals surface area contributed by atoms with Gasteiger partial charge in [0, 0.05) is 25.7 Å². The Balaban J connectivity index is 1.99. The smallest absolute Gasteiger partial charge is 0.320 e. The van der Waals surface area contributed by atoms with E-state index in [9.17, 15) is 9.59 Å². The first kappa shape index (κ1) is 14.2. The summed E-state index contributed by atoms with van der Waals surface area (Å²) in [7, 11) is 0. The van der Waals surface area contributed by atoms with Crippen LogP contribution in [0.3, 0.4) is 0 Å². The molecule has 0 aromatic carbocycles. The maximum Gasteiger partial charge on any atom is 0.320 e. The Morgan fingerprint density at radius 3 is 2.58 bits per heavy atom. The summed E-state index contributed by atoms with van der Waals surface area (Å²) in [6.07, 6.45) is 5.97. The van der Waals surface area contributed by atoms with E-state index in [2.05, 4.69) is 6.92 Å². The molecule has 2 fully saturated rings. The van der Waals surface area contributed by atoms with E-state index in [0.717, 1.165) is 25.8 Å². The van der Waals surface area contributed by atoms with Crippen LogP contribution in [-0.2, 0) is 4.79 Å². The van der Waals surface area contributed by atoms with Crippen LogP contribution in [0.2, 0.25) is 0 Å². The van der Waals surface area contributed by atoms with Gasteiger partial charge in [0.25, 0.3) is 0 Å². The molecule has 5 heteroatoms. The molecule has 5 nitrogen and oxygen atoms in total. The number of rotatable bonds is 1. The molecular formula is C14H24N2O3. The maximum absolute atomic E-state index is 12.5. The second-order valence-electron chi connectivity index (χ2n) is 5.80. The maximum atomic E-state index is 12.5. The first-order valence-electron chi connectivity index (χ1n) is 7.38. The molecule has 19 heavy (non-hydrogen) atoms. The molecule has 2 amide bonds. The lowest BCUT2D eigenvalue weighted by molar-refractivity contribution is -0.143. The van der Waals surface area contributed by atoms with E-state index in [0.29, 0.717) is 19.5 Å². The Hall–Kier alpha value is -1.26. The highest BCUT2D eigenvalue weighted by molar-refractivity contribution is 5.77. The Morgan fingerprint density at radius 1 is 1.05 bits per heavy atom. The summed E-state index contributed by atoms with van der Waals surface area (Å²) in [4.78, 5) is 27.3. The van der Waals surface area contributed by atoms with Gasteiger partial charge in [-0.3, -0.25) is 4.79 Å². The fraction of sp³-hybridized carbons (Fsp3) is 0.857. The number of carboxylic acids is 1. The minimum atomic E-state index is -0.776. The summed E-state index contributed by atoms with van der Waals surface area (Å²) in [5.74, 6) is -1.17. The SMILES string of the molecule is CC1CCCCCN1C(=O)N1CCCC(C(=O)O)C1. The van der Waals surface area contributed by atoms with Crippen molar-refractivity contribution < 1.29 is 14.7 Å². The predicted octanol–water partition coefficient (Wildman–Crippen LogP) is 2.17. The van der Waals surface area contributed by atoms with Gasteiger partial charge in [0.1, 0.15) is 0 Å². The van der Waals surface area contributed by atoms with E-state index in [-0.39, 0.29) is 18.0 Å². The third-order valence-corrected chi connectivity index (χ3v) is 4.34. The zero-order valence-electron chi connectivity index (χ0n) is 11.7. The molecule has 2 aliphatic heterocycles. The number of hydrogen-bond donors (Lipinski definition) is 1. The van der Waals surface area contributed by atoms with Crippen LogP contribution in [0.15, 0.2) is 0 Å². The zero-order valence-corrected chi connectivity index (χ0v) is 11.7. The molecular weight excluding hydrogens is 244 g/mol. The van der Waals surface area contributed by atoms with Crippen LogP contribution >= 0.6 is 0 Å². The highest BCUT2D eigenvalue weighted by atomic mass is 16.4. The molecule has 2 unspecified atom stereocenters. The molecule has 108 valence electrons. The van der Waals surface area contributed by atoms with Gasteiger partial charge in [-0.25, -0.2) is 4.79 Å². The molecule has 0 radical (unpaired) electrons. The van der Waals surface area contributed by atoms with E-state index in [1.54, 1.807) is 4.90 Å². The van der Waals surface area contributed by atoms with Crippen molar-refractivity contribution >= 4 is 12.0 Å². The quantitative estimate of drug-likeness (QED) is 0.792. The fourth-order valence-electron chi connectivity index (χ4n) is 3.09. The summed E-state index contributed by atoms with van der Waals surface area (Å²) in [5.41, 5.74) is 0. The van der Waals surface area contributed by atoms with Gasteiger partial charge in [0.2, 0.25) is 0 Å². The number of carbonyl (C=O) groups is 2. The molecule has 2 aliphatic rings. The van der Waals surface area contributed by atoms with Crippen LogP contribution in [-0.4, -0.2) is 52.6 Å². The highest BCUT2D eigenvalue weighted by Crippen LogP contribution is 2.22. The largest absolute Gasteiger partial charge is 0.481 e. The van der Waals surface area contributed by atoms with Crippen molar-refractivity contribution in [1.29, 1.82) is 0 Å². The highest BCUT2D eigenvalue weighted by Gasteiger charge is 2.32. The number of likely N-dealkylation sites (tertiary alicyclic amines) is 2. The minimum Gasteiger partial charge on any atom is -0.481 e. The van der Waals surface area contributed by atoms with Crippen LogP contribution in [0.1, 0.15) is 45.4 Å². The summed E-state index contributed by atoms with van der Waals surface area (Å²) >= 11 is 0. The molecule has 2 saturated heterocycles. The van der Waals surface area contributed by atoms with Gasteiger partial charge in [0.15, 0.2) is 0 Å². The normalized spacial score (nSPS) is 28.9. The van der Waals surface area contributed by atoms with Crippen molar-refractivity contribution in [1.82, 2.24) is 9.80 Å². The van der Waals surface area contributed by atoms with E-state index >= 15 is 0 Å². The van der Waals surface area contributed by atoms with E-state index in [1.165, 1.54) is 12.8 Å². The summed E-state index contributed by atoms with van der Waals surface area (Å²) < 4.78 is 0. The molecule has 0 saturated carbocycles. The van der Waals surface area contributed by atoms with Crippen LogP contribution < -0.4 is 0 Å². The van der Waals surface area contributed by atoms with Gasteiger partial charge in [0.05, 0.1) is 5.92 Å².